The summed E-state index contributed by atoms with van der Waals surface area (Å²) in [5.74, 6) is -0.346. The fourth-order valence-corrected chi connectivity index (χ4v) is 1.72. The molecular weight excluding hydrogens is 218 g/mol. The number of nitrogens with zero attached hydrogens (tertiary/aromatic N) is 1. The highest BCUT2D eigenvalue weighted by Gasteiger charge is 2.36. The second-order valence-corrected chi connectivity index (χ2v) is 5.57. The van der Waals surface area contributed by atoms with Crippen molar-refractivity contribution in [1.29, 1.82) is 0 Å². The average Bonchev–Trinajstić information content (AvgIpc) is 2.16. The van der Waals surface area contributed by atoms with Gasteiger partial charge in [-0.05, 0) is 34.9 Å². The van der Waals surface area contributed by atoms with Crippen LogP contribution in [0.3, 0.4) is 0 Å². The molecule has 0 heterocycles. The topological polar surface area (TPSA) is 67.6 Å². The van der Waals surface area contributed by atoms with Gasteiger partial charge in [-0.3, -0.25) is 4.79 Å². The molecule has 0 bridgehead atoms. The normalized spacial score (nSPS) is 15.9. The van der Waals surface area contributed by atoms with E-state index >= 15 is 0 Å². The first-order valence-electron chi connectivity index (χ1n) is 5.88. The van der Waals surface area contributed by atoms with Gasteiger partial charge in [0.25, 0.3) is 0 Å². The minimum atomic E-state index is -0.741. The molecule has 0 fully saturated rings. The minimum absolute atomic E-state index is 0.346. The number of hydrogen-bond acceptors (Lipinski definition) is 4. The van der Waals surface area contributed by atoms with Gasteiger partial charge in [0, 0.05) is 26.6 Å². The highest BCUT2D eigenvalue weighted by molar-refractivity contribution is 5.84. The molecule has 1 amide bonds. The molecular formula is C12H27N3O2. The maximum atomic E-state index is 11.6. The maximum absolute atomic E-state index is 11.6. The number of likely N-dealkylation sites (N-methyl/N-ethyl adjacent to an activating group) is 1. The molecule has 17 heavy (non-hydrogen) atoms. The van der Waals surface area contributed by atoms with Gasteiger partial charge in [-0.15, -0.1) is 0 Å². The molecule has 0 spiro atoms. The second kappa shape index (κ2) is 6.33. The van der Waals surface area contributed by atoms with Crippen molar-refractivity contribution >= 4 is 5.91 Å². The monoisotopic (exact) mass is 245 g/mol. The SMILES string of the molecule is COC(C)(C)CC(C)(NCCN(C)C)C(N)=O. The lowest BCUT2D eigenvalue weighted by molar-refractivity contribution is -0.127. The number of carbonyl (C=O) groups is 1. The third-order valence-corrected chi connectivity index (χ3v) is 2.95. The van der Waals surface area contributed by atoms with E-state index < -0.39 is 5.54 Å². The fourth-order valence-electron chi connectivity index (χ4n) is 1.72. The lowest BCUT2D eigenvalue weighted by atomic mass is 9.87. The van der Waals surface area contributed by atoms with Crippen molar-refractivity contribution in [3.05, 3.63) is 0 Å². The molecule has 0 radical (unpaired) electrons. The summed E-state index contributed by atoms with van der Waals surface area (Å²) in [6.45, 7) is 7.29. The first-order chi connectivity index (χ1) is 7.63. The summed E-state index contributed by atoms with van der Waals surface area (Å²) >= 11 is 0. The zero-order chi connectivity index (χ0) is 13.7. The molecule has 3 N–H and O–H groups in total. The summed E-state index contributed by atoms with van der Waals surface area (Å²) in [6.07, 6.45) is 0.541. The lowest BCUT2D eigenvalue weighted by Crippen LogP contribution is -2.57. The Morgan fingerprint density at radius 1 is 1.35 bits per heavy atom. The summed E-state index contributed by atoms with van der Waals surface area (Å²) in [5, 5.41) is 3.22. The summed E-state index contributed by atoms with van der Waals surface area (Å²) < 4.78 is 5.35. The van der Waals surface area contributed by atoms with Crippen LogP contribution in [0.4, 0.5) is 0 Å². The Bertz CT molecular complexity index is 254. The van der Waals surface area contributed by atoms with Crippen molar-refractivity contribution in [2.24, 2.45) is 5.73 Å². The van der Waals surface area contributed by atoms with Crippen molar-refractivity contribution < 1.29 is 9.53 Å². The van der Waals surface area contributed by atoms with Gasteiger partial charge in [-0.2, -0.15) is 0 Å². The largest absolute Gasteiger partial charge is 0.379 e. The quantitative estimate of drug-likeness (QED) is 0.641. The predicted octanol–water partition coefficient (Wildman–Crippen LogP) is 0.197. The molecule has 0 saturated heterocycles. The third kappa shape index (κ3) is 6.00. The van der Waals surface area contributed by atoms with Crippen LogP contribution in [0.1, 0.15) is 27.2 Å². The van der Waals surface area contributed by atoms with Gasteiger partial charge in [0.1, 0.15) is 0 Å². The first kappa shape index (κ1) is 16.4. The van der Waals surface area contributed by atoms with Gasteiger partial charge in [0.2, 0.25) is 5.91 Å². The number of nitrogens with one attached hydrogen (secondary N) is 1. The lowest BCUT2D eigenvalue weighted by Gasteiger charge is -2.35. The molecule has 0 aromatic rings. The molecule has 0 aromatic carbocycles. The van der Waals surface area contributed by atoms with E-state index in [2.05, 4.69) is 10.2 Å². The summed E-state index contributed by atoms with van der Waals surface area (Å²) in [4.78, 5) is 13.6. The van der Waals surface area contributed by atoms with Gasteiger partial charge < -0.3 is 20.7 Å². The number of rotatable bonds is 8. The summed E-state index contributed by atoms with van der Waals surface area (Å²) in [5.41, 5.74) is 4.36. The fraction of sp³-hybridized carbons (Fsp3) is 0.917. The summed E-state index contributed by atoms with van der Waals surface area (Å²) in [7, 11) is 5.62. The van der Waals surface area contributed by atoms with E-state index in [1.54, 1.807) is 7.11 Å². The number of amides is 1. The molecule has 5 heteroatoms. The Balaban J connectivity index is 4.52. The molecule has 0 saturated carbocycles. The minimum Gasteiger partial charge on any atom is -0.379 e. The predicted molar refractivity (Wildman–Crippen MR) is 69.9 cm³/mol. The maximum Gasteiger partial charge on any atom is 0.237 e. The number of nitrogens with two attached hydrogens (primary N) is 1. The van der Waals surface area contributed by atoms with Crippen LogP contribution in [0.15, 0.2) is 0 Å². The van der Waals surface area contributed by atoms with Crippen molar-refractivity contribution in [2.75, 3.05) is 34.3 Å². The molecule has 0 rings (SSSR count). The molecule has 1 atom stereocenters. The highest BCUT2D eigenvalue weighted by atomic mass is 16.5. The number of methoxy groups -OCH3 is 1. The van der Waals surface area contributed by atoms with Crippen LogP contribution < -0.4 is 11.1 Å². The number of primary amides is 1. The number of carbonyl (C=O) groups excluding carboxylic acids is 1. The van der Waals surface area contributed by atoms with Crippen LogP contribution in [0.2, 0.25) is 0 Å². The van der Waals surface area contributed by atoms with Crippen LogP contribution in [-0.4, -0.2) is 56.2 Å². The Hall–Kier alpha value is -0.650. The molecule has 0 aliphatic heterocycles. The Morgan fingerprint density at radius 2 is 1.88 bits per heavy atom. The first-order valence-corrected chi connectivity index (χ1v) is 5.88. The van der Waals surface area contributed by atoms with Gasteiger partial charge in [-0.25, -0.2) is 0 Å². The summed E-state index contributed by atoms with van der Waals surface area (Å²) in [6, 6.07) is 0. The molecule has 102 valence electrons. The average molecular weight is 245 g/mol. The van der Waals surface area contributed by atoms with Gasteiger partial charge in [0.15, 0.2) is 0 Å². The van der Waals surface area contributed by atoms with E-state index in [-0.39, 0.29) is 11.5 Å². The van der Waals surface area contributed by atoms with Crippen LogP contribution in [-0.2, 0) is 9.53 Å². The Labute approximate surface area is 105 Å². The Morgan fingerprint density at radius 3 is 2.24 bits per heavy atom. The van der Waals surface area contributed by atoms with Crippen molar-refractivity contribution in [2.45, 2.75) is 38.3 Å². The van der Waals surface area contributed by atoms with Crippen molar-refractivity contribution in [3.8, 4) is 0 Å². The zero-order valence-electron chi connectivity index (χ0n) is 12.0. The van der Waals surface area contributed by atoms with Crippen molar-refractivity contribution in [1.82, 2.24) is 10.2 Å². The third-order valence-electron chi connectivity index (χ3n) is 2.95. The van der Waals surface area contributed by atoms with Gasteiger partial charge in [0.05, 0.1) is 11.1 Å². The number of ether oxygens (including phenoxy) is 1. The molecule has 0 aliphatic rings. The van der Waals surface area contributed by atoms with Crippen LogP contribution >= 0.6 is 0 Å². The van der Waals surface area contributed by atoms with Gasteiger partial charge >= 0.3 is 0 Å². The van der Waals surface area contributed by atoms with E-state index in [1.165, 1.54) is 0 Å². The van der Waals surface area contributed by atoms with E-state index in [0.29, 0.717) is 13.0 Å². The molecule has 0 aromatic heterocycles. The molecule has 5 nitrogen and oxygen atoms in total. The van der Waals surface area contributed by atoms with Gasteiger partial charge in [-0.1, -0.05) is 0 Å². The van der Waals surface area contributed by atoms with Crippen LogP contribution in [0, 0.1) is 0 Å². The van der Waals surface area contributed by atoms with E-state index in [0.717, 1.165) is 6.54 Å². The Kier molecular flexibility index (Phi) is 6.09. The number of hydrogen-bond donors (Lipinski definition) is 2. The van der Waals surface area contributed by atoms with Crippen LogP contribution in [0.5, 0.6) is 0 Å². The van der Waals surface area contributed by atoms with Crippen LogP contribution in [0.25, 0.3) is 0 Å². The molecule has 0 aliphatic carbocycles. The van der Waals surface area contributed by atoms with E-state index in [9.17, 15) is 4.79 Å². The van der Waals surface area contributed by atoms with E-state index in [4.69, 9.17) is 10.5 Å². The standard InChI is InChI=1S/C12H27N3O2/c1-11(2,17-6)9-12(3,10(13)16)14-7-8-15(4)5/h14H,7-9H2,1-6H3,(H2,13,16). The smallest absolute Gasteiger partial charge is 0.237 e. The highest BCUT2D eigenvalue weighted by Crippen LogP contribution is 2.22. The van der Waals surface area contributed by atoms with E-state index in [1.807, 2.05) is 34.9 Å². The second-order valence-electron chi connectivity index (χ2n) is 5.57. The molecule has 1 unspecified atom stereocenters. The van der Waals surface area contributed by atoms with Crippen molar-refractivity contribution in [3.63, 3.8) is 0 Å². The zero-order valence-corrected chi connectivity index (χ0v) is 12.0.